The van der Waals surface area contributed by atoms with E-state index in [1.807, 2.05) is 0 Å². The lowest BCUT2D eigenvalue weighted by molar-refractivity contribution is 0.105. The highest BCUT2D eigenvalue weighted by Gasteiger charge is 2.09. The van der Waals surface area contributed by atoms with Crippen LogP contribution in [-0.2, 0) is 14.3 Å². The van der Waals surface area contributed by atoms with E-state index in [1.54, 1.807) is 6.92 Å². The number of nitrogens with two attached hydrogens (primary N) is 1. The van der Waals surface area contributed by atoms with Gasteiger partial charge in [0.1, 0.15) is 0 Å². The first-order valence-electron chi connectivity index (χ1n) is 3.71. The van der Waals surface area contributed by atoms with Gasteiger partial charge in [0.25, 0.3) is 10.1 Å². The Morgan fingerprint density at radius 3 is 2.58 bits per heavy atom. The van der Waals surface area contributed by atoms with Gasteiger partial charge in [-0.2, -0.15) is 8.42 Å². The van der Waals surface area contributed by atoms with Crippen LogP contribution in [0, 0.1) is 0 Å². The van der Waals surface area contributed by atoms with Crippen molar-refractivity contribution >= 4 is 10.1 Å². The molecule has 0 saturated heterocycles. The molecule has 0 aromatic rings. The van der Waals surface area contributed by atoms with Crippen LogP contribution >= 0.6 is 0 Å². The van der Waals surface area contributed by atoms with Crippen molar-refractivity contribution in [2.75, 3.05) is 12.5 Å². The van der Waals surface area contributed by atoms with Gasteiger partial charge in [0.05, 0.1) is 5.75 Å². The third kappa shape index (κ3) is 6.53. The van der Waals surface area contributed by atoms with Gasteiger partial charge in [-0.3, -0.25) is 0 Å². The Balaban J connectivity index is 3.62. The molecule has 1 atom stereocenters. The van der Waals surface area contributed by atoms with Crippen LogP contribution < -0.4 is 5.73 Å². The summed E-state index contributed by atoms with van der Waals surface area (Å²) in [5, 5.41) is 8.18. The van der Waals surface area contributed by atoms with E-state index in [4.69, 9.17) is 10.8 Å². The fourth-order valence-electron chi connectivity index (χ4n) is 0.721. The molecule has 3 N–H and O–H groups in total. The van der Waals surface area contributed by atoms with Crippen LogP contribution in [0.15, 0.2) is 0 Å². The lowest BCUT2D eigenvalue weighted by Gasteiger charge is -2.04. The number of rotatable bonds is 6. The zero-order chi connectivity index (χ0) is 9.61. The van der Waals surface area contributed by atoms with E-state index in [9.17, 15) is 8.42 Å². The molecule has 5 nitrogen and oxygen atoms in total. The predicted molar refractivity (Wildman–Crippen MR) is 44.8 cm³/mol. The first-order chi connectivity index (χ1) is 5.48. The molecule has 0 radical (unpaired) electrons. The Labute approximate surface area is 72.6 Å². The monoisotopic (exact) mass is 197 g/mol. The van der Waals surface area contributed by atoms with E-state index in [2.05, 4.69) is 4.18 Å². The molecular formula is C6H15NO4S. The third-order valence-electron chi connectivity index (χ3n) is 1.29. The van der Waals surface area contributed by atoms with Crippen LogP contribution in [0.25, 0.3) is 0 Å². The summed E-state index contributed by atoms with van der Waals surface area (Å²) in [5.74, 6) is -0.0882. The highest BCUT2D eigenvalue weighted by molar-refractivity contribution is 7.86. The average Bonchev–Trinajstić information content (AvgIpc) is 1.85. The van der Waals surface area contributed by atoms with Gasteiger partial charge in [-0.15, -0.1) is 0 Å². The third-order valence-corrected chi connectivity index (χ3v) is 2.54. The van der Waals surface area contributed by atoms with E-state index >= 15 is 0 Å². The fraction of sp³-hybridized carbons (Fsp3) is 1.00. The van der Waals surface area contributed by atoms with E-state index in [-0.39, 0.29) is 11.8 Å². The van der Waals surface area contributed by atoms with Gasteiger partial charge in [0.2, 0.25) is 0 Å². The van der Waals surface area contributed by atoms with Crippen molar-refractivity contribution in [2.45, 2.75) is 25.8 Å². The van der Waals surface area contributed by atoms with Gasteiger partial charge in [-0.1, -0.05) is 0 Å². The first-order valence-corrected chi connectivity index (χ1v) is 5.29. The van der Waals surface area contributed by atoms with E-state index in [1.165, 1.54) is 0 Å². The quantitative estimate of drug-likeness (QED) is 0.439. The Kier molecular flexibility index (Phi) is 5.39. The molecule has 0 aromatic carbocycles. The maximum Gasteiger partial charge on any atom is 0.269 e. The SMILES string of the molecule is CC(N)CCCS(=O)(=O)OCO. The minimum atomic E-state index is -3.53. The molecule has 0 rings (SSSR count). The van der Waals surface area contributed by atoms with Crippen molar-refractivity contribution in [3.8, 4) is 0 Å². The van der Waals surface area contributed by atoms with Crippen LogP contribution in [0.5, 0.6) is 0 Å². The molecule has 0 aliphatic rings. The minimum absolute atomic E-state index is 0.00525. The van der Waals surface area contributed by atoms with Crippen LogP contribution in [0.3, 0.4) is 0 Å². The molecule has 0 amide bonds. The second-order valence-corrected chi connectivity index (χ2v) is 4.39. The normalized spacial score (nSPS) is 14.6. The van der Waals surface area contributed by atoms with E-state index < -0.39 is 16.9 Å². The molecule has 0 aliphatic heterocycles. The topological polar surface area (TPSA) is 89.6 Å². The Morgan fingerprint density at radius 2 is 2.17 bits per heavy atom. The maximum absolute atomic E-state index is 10.8. The van der Waals surface area contributed by atoms with Crippen molar-refractivity contribution in [3.05, 3.63) is 0 Å². The second kappa shape index (κ2) is 5.47. The molecule has 0 heterocycles. The zero-order valence-corrected chi connectivity index (χ0v) is 7.88. The summed E-state index contributed by atoms with van der Waals surface area (Å²) in [6.07, 6.45) is 1.09. The van der Waals surface area contributed by atoms with Gasteiger partial charge in [0.15, 0.2) is 6.79 Å². The molecule has 0 aliphatic carbocycles. The highest BCUT2D eigenvalue weighted by atomic mass is 32.2. The number of hydrogen-bond donors (Lipinski definition) is 2. The summed E-state index contributed by atoms with van der Waals surface area (Å²) in [6, 6.07) is -0.00525. The zero-order valence-electron chi connectivity index (χ0n) is 7.06. The lowest BCUT2D eigenvalue weighted by atomic mass is 10.2. The molecule has 0 aromatic heterocycles. The fourth-order valence-corrected chi connectivity index (χ4v) is 1.52. The summed E-state index contributed by atoms with van der Waals surface area (Å²) >= 11 is 0. The maximum atomic E-state index is 10.8. The Morgan fingerprint density at radius 1 is 1.58 bits per heavy atom. The summed E-state index contributed by atoms with van der Waals surface area (Å²) < 4.78 is 25.7. The second-order valence-electron chi connectivity index (χ2n) is 2.63. The van der Waals surface area contributed by atoms with Crippen molar-refractivity contribution in [1.82, 2.24) is 0 Å². The summed E-state index contributed by atoms with van der Waals surface area (Å²) in [6.45, 7) is 1.01. The molecule has 0 fully saturated rings. The van der Waals surface area contributed by atoms with Crippen LogP contribution in [0.2, 0.25) is 0 Å². The molecule has 0 saturated carbocycles. The smallest absolute Gasteiger partial charge is 0.269 e. The predicted octanol–water partition coefficient (Wildman–Crippen LogP) is -0.590. The van der Waals surface area contributed by atoms with Gasteiger partial charge < -0.3 is 10.8 Å². The van der Waals surface area contributed by atoms with Crippen LogP contribution in [0.4, 0.5) is 0 Å². The number of aliphatic hydroxyl groups is 1. The van der Waals surface area contributed by atoms with Crippen LogP contribution in [0.1, 0.15) is 19.8 Å². The summed E-state index contributed by atoms with van der Waals surface area (Å²) in [5.41, 5.74) is 5.41. The molecule has 0 spiro atoms. The number of hydrogen-bond acceptors (Lipinski definition) is 5. The first kappa shape index (κ1) is 11.8. The van der Waals surface area contributed by atoms with E-state index in [0.29, 0.717) is 12.8 Å². The number of aliphatic hydroxyl groups excluding tert-OH is 1. The van der Waals surface area contributed by atoms with Crippen molar-refractivity contribution in [1.29, 1.82) is 0 Å². The molecule has 1 unspecified atom stereocenters. The standard InChI is InChI=1S/C6H15NO4S/c1-6(7)3-2-4-12(9,10)11-5-8/h6,8H,2-5,7H2,1H3. The Hall–Kier alpha value is -0.170. The van der Waals surface area contributed by atoms with Crippen molar-refractivity contribution in [2.24, 2.45) is 5.73 Å². The molecular weight excluding hydrogens is 182 g/mol. The lowest BCUT2D eigenvalue weighted by Crippen LogP contribution is -2.17. The average molecular weight is 197 g/mol. The molecule has 12 heavy (non-hydrogen) atoms. The molecule has 6 heteroatoms. The van der Waals surface area contributed by atoms with Gasteiger partial charge in [-0.05, 0) is 19.8 Å². The van der Waals surface area contributed by atoms with Crippen molar-refractivity contribution in [3.63, 3.8) is 0 Å². The highest BCUT2D eigenvalue weighted by Crippen LogP contribution is 2.00. The van der Waals surface area contributed by atoms with Gasteiger partial charge in [0, 0.05) is 6.04 Å². The van der Waals surface area contributed by atoms with E-state index in [0.717, 1.165) is 0 Å². The minimum Gasteiger partial charge on any atom is -0.369 e. The summed E-state index contributed by atoms with van der Waals surface area (Å²) in [4.78, 5) is 0. The molecule has 0 bridgehead atoms. The molecule has 74 valence electrons. The van der Waals surface area contributed by atoms with Gasteiger partial charge in [-0.25, -0.2) is 4.18 Å². The van der Waals surface area contributed by atoms with Gasteiger partial charge >= 0.3 is 0 Å². The largest absolute Gasteiger partial charge is 0.369 e. The summed E-state index contributed by atoms with van der Waals surface area (Å²) in [7, 11) is -3.53. The van der Waals surface area contributed by atoms with Crippen LogP contribution in [-0.4, -0.2) is 32.1 Å². The Bertz CT molecular complexity index is 200. The van der Waals surface area contributed by atoms with Crippen molar-refractivity contribution < 1.29 is 17.7 Å².